The SMILES string of the molecule is COC(CN(CCCc1ccccc1)C(=O)[C@@H](N)Cc1ccccc1)OC. The van der Waals surface area contributed by atoms with Gasteiger partial charge in [0.1, 0.15) is 0 Å². The molecule has 0 aliphatic carbocycles. The number of rotatable bonds is 11. The molecule has 146 valence electrons. The Bertz CT molecular complexity index is 660. The molecule has 0 spiro atoms. The molecule has 0 bridgehead atoms. The van der Waals surface area contributed by atoms with Crippen molar-refractivity contribution in [3.63, 3.8) is 0 Å². The average Bonchev–Trinajstić information content (AvgIpc) is 2.71. The largest absolute Gasteiger partial charge is 0.354 e. The van der Waals surface area contributed by atoms with Crippen LogP contribution in [0.15, 0.2) is 60.7 Å². The molecule has 0 saturated heterocycles. The third-order valence-electron chi connectivity index (χ3n) is 4.56. The van der Waals surface area contributed by atoms with Crippen LogP contribution < -0.4 is 5.73 Å². The first-order valence-electron chi connectivity index (χ1n) is 9.32. The molecule has 2 rings (SSSR count). The first kappa shape index (κ1) is 21.1. The quantitative estimate of drug-likeness (QED) is 0.618. The Balaban J connectivity index is 1.97. The number of ether oxygens (including phenoxy) is 2. The van der Waals surface area contributed by atoms with Crippen LogP contribution in [0, 0.1) is 0 Å². The molecular weight excluding hydrogens is 340 g/mol. The van der Waals surface area contributed by atoms with E-state index in [4.69, 9.17) is 15.2 Å². The number of hydrogen-bond acceptors (Lipinski definition) is 4. The lowest BCUT2D eigenvalue weighted by molar-refractivity contribution is -0.146. The highest BCUT2D eigenvalue weighted by Gasteiger charge is 2.24. The van der Waals surface area contributed by atoms with Gasteiger partial charge in [-0.1, -0.05) is 60.7 Å². The molecule has 1 atom stereocenters. The van der Waals surface area contributed by atoms with Crippen LogP contribution in [-0.2, 0) is 27.1 Å². The molecule has 5 heteroatoms. The number of carbonyl (C=O) groups is 1. The molecule has 0 heterocycles. The van der Waals surface area contributed by atoms with E-state index in [9.17, 15) is 4.79 Å². The van der Waals surface area contributed by atoms with E-state index in [0.717, 1.165) is 18.4 Å². The van der Waals surface area contributed by atoms with E-state index in [1.807, 2.05) is 48.5 Å². The predicted octanol–water partition coefficient (Wildman–Crippen LogP) is 2.64. The summed E-state index contributed by atoms with van der Waals surface area (Å²) in [6.07, 6.45) is 1.81. The fourth-order valence-electron chi connectivity index (χ4n) is 3.03. The summed E-state index contributed by atoms with van der Waals surface area (Å²) in [5, 5.41) is 0. The summed E-state index contributed by atoms with van der Waals surface area (Å²) in [7, 11) is 3.15. The van der Waals surface area contributed by atoms with Gasteiger partial charge in [0, 0.05) is 20.8 Å². The summed E-state index contributed by atoms with van der Waals surface area (Å²) >= 11 is 0. The maximum absolute atomic E-state index is 12.9. The number of nitrogens with zero attached hydrogens (tertiary/aromatic N) is 1. The van der Waals surface area contributed by atoms with E-state index in [2.05, 4.69) is 12.1 Å². The predicted molar refractivity (Wildman–Crippen MR) is 107 cm³/mol. The van der Waals surface area contributed by atoms with Crippen LogP contribution >= 0.6 is 0 Å². The zero-order valence-electron chi connectivity index (χ0n) is 16.2. The summed E-state index contributed by atoms with van der Waals surface area (Å²) in [5.41, 5.74) is 8.53. The molecule has 1 amide bonds. The molecule has 2 aromatic rings. The summed E-state index contributed by atoms with van der Waals surface area (Å²) in [5.74, 6) is -0.0778. The van der Waals surface area contributed by atoms with Gasteiger partial charge in [0.25, 0.3) is 0 Å². The minimum Gasteiger partial charge on any atom is -0.354 e. The van der Waals surface area contributed by atoms with Gasteiger partial charge in [0.05, 0.1) is 12.6 Å². The van der Waals surface area contributed by atoms with Crippen LogP contribution in [0.4, 0.5) is 0 Å². The van der Waals surface area contributed by atoms with Gasteiger partial charge in [0.2, 0.25) is 5.91 Å². The second-order valence-electron chi connectivity index (χ2n) is 6.57. The summed E-state index contributed by atoms with van der Waals surface area (Å²) in [6, 6.07) is 19.5. The van der Waals surface area contributed by atoms with Gasteiger partial charge >= 0.3 is 0 Å². The van der Waals surface area contributed by atoms with E-state index in [1.54, 1.807) is 19.1 Å². The van der Waals surface area contributed by atoms with Crippen molar-refractivity contribution >= 4 is 5.91 Å². The zero-order valence-corrected chi connectivity index (χ0v) is 16.2. The number of hydrogen-bond donors (Lipinski definition) is 1. The van der Waals surface area contributed by atoms with Crippen molar-refractivity contribution in [3.05, 3.63) is 71.8 Å². The van der Waals surface area contributed by atoms with Gasteiger partial charge < -0.3 is 20.1 Å². The second-order valence-corrected chi connectivity index (χ2v) is 6.57. The summed E-state index contributed by atoms with van der Waals surface area (Å²) in [6.45, 7) is 0.975. The van der Waals surface area contributed by atoms with Gasteiger partial charge in [-0.05, 0) is 30.4 Å². The Labute approximate surface area is 162 Å². The third kappa shape index (κ3) is 7.13. The smallest absolute Gasteiger partial charge is 0.240 e. The topological polar surface area (TPSA) is 64.8 Å². The van der Waals surface area contributed by atoms with Crippen molar-refractivity contribution < 1.29 is 14.3 Å². The fraction of sp³-hybridized carbons (Fsp3) is 0.409. The molecule has 0 radical (unpaired) electrons. The van der Waals surface area contributed by atoms with E-state index in [1.165, 1.54) is 5.56 Å². The van der Waals surface area contributed by atoms with E-state index in [0.29, 0.717) is 19.5 Å². The van der Waals surface area contributed by atoms with Crippen molar-refractivity contribution in [1.82, 2.24) is 4.90 Å². The molecule has 2 aromatic carbocycles. The first-order chi connectivity index (χ1) is 13.1. The van der Waals surface area contributed by atoms with Crippen LogP contribution in [0.3, 0.4) is 0 Å². The van der Waals surface area contributed by atoms with Gasteiger partial charge in [-0.25, -0.2) is 0 Å². The van der Waals surface area contributed by atoms with Crippen molar-refractivity contribution in [1.29, 1.82) is 0 Å². The Hall–Kier alpha value is -2.21. The van der Waals surface area contributed by atoms with Crippen molar-refractivity contribution in [2.24, 2.45) is 5.73 Å². The van der Waals surface area contributed by atoms with E-state index in [-0.39, 0.29) is 5.91 Å². The lowest BCUT2D eigenvalue weighted by atomic mass is 10.0. The van der Waals surface area contributed by atoms with Gasteiger partial charge in [0.15, 0.2) is 6.29 Å². The number of methoxy groups -OCH3 is 2. The van der Waals surface area contributed by atoms with Crippen molar-refractivity contribution in [2.75, 3.05) is 27.3 Å². The van der Waals surface area contributed by atoms with Gasteiger partial charge in [-0.3, -0.25) is 4.79 Å². The molecule has 0 aromatic heterocycles. The molecule has 0 unspecified atom stereocenters. The molecule has 0 fully saturated rings. The standard InChI is InChI=1S/C22H30N2O3/c1-26-21(27-2)17-24(15-9-14-18-10-5-3-6-11-18)22(25)20(23)16-19-12-7-4-8-13-19/h3-8,10-13,20-21H,9,14-17,23H2,1-2H3/t20-/m0/s1. The molecule has 5 nitrogen and oxygen atoms in total. The van der Waals surface area contributed by atoms with Crippen LogP contribution in [0.1, 0.15) is 17.5 Å². The zero-order chi connectivity index (χ0) is 19.5. The van der Waals surface area contributed by atoms with Crippen molar-refractivity contribution in [2.45, 2.75) is 31.6 Å². The Morgan fingerprint density at radius 1 is 0.963 bits per heavy atom. The first-order valence-corrected chi connectivity index (χ1v) is 9.32. The molecule has 0 aliphatic heterocycles. The maximum Gasteiger partial charge on any atom is 0.240 e. The highest BCUT2D eigenvalue weighted by atomic mass is 16.7. The molecule has 0 aliphatic rings. The highest BCUT2D eigenvalue weighted by molar-refractivity contribution is 5.82. The fourth-order valence-corrected chi connectivity index (χ4v) is 3.03. The van der Waals surface area contributed by atoms with Gasteiger partial charge in [-0.15, -0.1) is 0 Å². The number of aryl methyl sites for hydroxylation is 1. The Morgan fingerprint density at radius 3 is 2.07 bits per heavy atom. The monoisotopic (exact) mass is 370 g/mol. The number of nitrogens with two attached hydrogens (primary N) is 1. The van der Waals surface area contributed by atoms with Crippen LogP contribution in [0.25, 0.3) is 0 Å². The number of carbonyl (C=O) groups excluding carboxylic acids is 1. The average molecular weight is 370 g/mol. The summed E-state index contributed by atoms with van der Waals surface area (Å²) < 4.78 is 10.6. The normalized spacial score (nSPS) is 12.1. The molecule has 0 saturated carbocycles. The number of benzene rings is 2. The second kappa shape index (κ2) is 11.5. The van der Waals surface area contributed by atoms with Crippen LogP contribution in [-0.4, -0.2) is 50.4 Å². The highest BCUT2D eigenvalue weighted by Crippen LogP contribution is 2.09. The third-order valence-corrected chi connectivity index (χ3v) is 4.56. The summed E-state index contributed by atoms with van der Waals surface area (Å²) in [4.78, 5) is 14.7. The van der Waals surface area contributed by atoms with Crippen LogP contribution in [0.5, 0.6) is 0 Å². The molecule has 27 heavy (non-hydrogen) atoms. The Morgan fingerprint density at radius 2 is 1.52 bits per heavy atom. The van der Waals surface area contributed by atoms with Gasteiger partial charge in [-0.2, -0.15) is 0 Å². The minimum absolute atomic E-state index is 0.0778. The molecular formula is C22H30N2O3. The van der Waals surface area contributed by atoms with E-state index < -0.39 is 12.3 Å². The lowest BCUT2D eigenvalue weighted by Crippen LogP contribution is -2.48. The number of amides is 1. The molecule has 2 N–H and O–H groups in total. The minimum atomic E-state index is -0.585. The van der Waals surface area contributed by atoms with Crippen LogP contribution in [0.2, 0.25) is 0 Å². The lowest BCUT2D eigenvalue weighted by Gasteiger charge is -2.28. The van der Waals surface area contributed by atoms with Crippen molar-refractivity contribution in [3.8, 4) is 0 Å². The van der Waals surface area contributed by atoms with E-state index >= 15 is 0 Å². The Kier molecular flexibility index (Phi) is 8.98. The maximum atomic E-state index is 12.9.